The zero-order valence-corrected chi connectivity index (χ0v) is 13.3. The van der Waals surface area contributed by atoms with E-state index in [2.05, 4.69) is 39.6 Å². The van der Waals surface area contributed by atoms with Crippen molar-refractivity contribution in [1.29, 1.82) is 0 Å². The molecule has 0 bridgehead atoms. The lowest BCUT2D eigenvalue weighted by molar-refractivity contribution is 0.149. The zero-order valence-electron chi connectivity index (χ0n) is 12.3. The monoisotopic (exact) mass is 261 g/mol. The van der Waals surface area contributed by atoms with Gasteiger partial charge < -0.3 is 8.85 Å². The van der Waals surface area contributed by atoms with Crippen molar-refractivity contribution >= 4 is 8.72 Å². The third-order valence-electron chi connectivity index (χ3n) is 2.70. The Labute approximate surface area is 109 Å². The molecule has 0 atom stereocenters. The summed E-state index contributed by atoms with van der Waals surface area (Å²) in [6.07, 6.45) is 4.49. The Morgan fingerprint density at radius 2 is 1.47 bits per heavy atom. The largest absolute Gasteiger partial charge is 0.427 e. The van der Waals surface area contributed by atoms with Gasteiger partial charge in [-0.25, -0.2) is 0 Å². The first-order chi connectivity index (χ1) is 8.13. The van der Waals surface area contributed by atoms with Crippen LogP contribution in [0.1, 0.15) is 60.3 Å². The second-order valence-electron chi connectivity index (χ2n) is 4.80. The molecule has 0 fully saturated rings. The van der Waals surface area contributed by atoms with Crippen LogP contribution in [0.2, 0.25) is 5.54 Å². The van der Waals surface area contributed by atoms with Gasteiger partial charge in [0.2, 0.25) is 0 Å². The van der Waals surface area contributed by atoms with E-state index in [0.717, 1.165) is 32.6 Å². The van der Waals surface area contributed by atoms with E-state index in [1.807, 2.05) is 0 Å². The fraction of sp³-hybridized carbons (Fsp3) is 1.00. The number of rotatable bonds is 11. The molecule has 0 aliphatic rings. The van der Waals surface area contributed by atoms with Crippen molar-refractivity contribution in [1.82, 2.24) is 4.98 Å². The van der Waals surface area contributed by atoms with Crippen LogP contribution in [0.3, 0.4) is 0 Å². The molecule has 0 aromatic carbocycles. The molecule has 0 saturated carbocycles. The van der Waals surface area contributed by atoms with Crippen LogP contribution in [0.25, 0.3) is 0 Å². The van der Waals surface area contributed by atoms with E-state index in [-0.39, 0.29) is 0 Å². The quantitative estimate of drug-likeness (QED) is 0.455. The minimum Gasteiger partial charge on any atom is -0.383 e. The SMILES string of the molecule is CCCCN[Si](OCCC)(OCCC)C(C)C. The Bertz CT molecular complexity index is 169. The van der Waals surface area contributed by atoms with Gasteiger partial charge in [-0.05, 0) is 25.8 Å². The van der Waals surface area contributed by atoms with Crippen molar-refractivity contribution in [2.24, 2.45) is 0 Å². The maximum absolute atomic E-state index is 6.09. The number of unbranched alkanes of at least 4 members (excludes halogenated alkanes) is 1. The summed E-state index contributed by atoms with van der Waals surface area (Å²) in [4.78, 5) is 3.60. The molecule has 104 valence electrons. The van der Waals surface area contributed by atoms with E-state index in [0.29, 0.717) is 5.54 Å². The van der Waals surface area contributed by atoms with Gasteiger partial charge in [0.15, 0.2) is 0 Å². The Hall–Kier alpha value is 0.0969. The van der Waals surface area contributed by atoms with Crippen LogP contribution in [0, 0.1) is 0 Å². The molecule has 0 aliphatic heterocycles. The van der Waals surface area contributed by atoms with Crippen molar-refractivity contribution in [3.63, 3.8) is 0 Å². The van der Waals surface area contributed by atoms with E-state index in [1.165, 1.54) is 12.8 Å². The zero-order chi connectivity index (χ0) is 13.1. The van der Waals surface area contributed by atoms with Crippen molar-refractivity contribution in [3.05, 3.63) is 0 Å². The molecule has 0 unspecified atom stereocenters. The molecule has 0 spiro atoms. The van der Waals surface area contributed by atoms with Crippen LogP contribution in [0.15, 0.2) is 0 Å². The second kappa shape index (κ2) is 10.1. The summed E-state index contributed by atoms with van der Waals surface area (Å²) in [6, 6.07) is 0. The predicted molar refractivity (Wildman–Crippen MR) is 76.2 cm³/mol. The molecule has 0 aromatic heterocycles. The van der Waals surface area contributed by atoms with E-state index in [9.17, 15) is 0 Å². The molecule has 4 heteroatoms. The van der Waals surface area contributed by atoms with Crippen LogP contribution in [-0.4, -0.2) is 28.5 Å². The Kier molecular flexibility index (Phi) is 10.1. The lowest BCUT2D eigenvalue weighted by Gasteiger charge is -2.34. The number of hydrogen-bond acceptors (Lipinski definition) is 3. The fourth-order valence-electron chi connectivity index (χ4n) is 1.63. The summed E-state index contributed by atoms with van der Waals surface area (Å²) >= 11 is 0. The van der Waals surface area contributed by atoms with Crippen LogP contribution >= 0.6 is 0 Å². The highest BCUT2D eigenvalue weighted by Crippen LogP contribution is 2.21. The summed E-state index contributed by atoms with van der Waals surface area (Å²) in [7, 11) is -2.20. The molecule has 0 aromatic rings. The van der Waals surface area contributed by atoms with Crippen molar-refractivity contribution < 1.29 is 8.85 Å². The van der Waals surface area contributed by atoms with Crippen molar-refractivity contribution in [2.75, 3.05) is 19.8 Å². The average Bonchev–Trinajstić information content (AvgIpc) is 2.32. The minimum absolute atomic E-state index is 0.442. The van der Waals surface area contributed by atoms with Gasteiger partial charge in [0.1, 0.15) is 0 Å². The Balaban J connectivity index is 4.45. The van der Waals surface area contributed by atoms with Gasteiger partial charge in [-0.2, -0.15) is 0 Å². The van der Waals surface area contributed by atoms with Crippen LogP contribution < -0.4 is 4.98 Å². The van der Waals surface area contributed by atoms with Crippen LogP contribution in [0.5, 0.6) is 0 Å². The first-order valence-corrected chi connectivity index (χ1v) is 9.05. The number of hydrogen-bond donors (Lipinski definition) is 1. The predicted octanol–water partition coefficient (Wildman–Crippen LogP) is 3.58. The molecule has 3 nitrogen and oxygen atoms in total. The Morgan fingerprint density at radius 3 is 1.82 bits per heavy atom. The normalized spacial score (nSPS) is 12.4. The second-order valence-corrected chi connectivity index (χ2v) is 8.22. The molecular formula is C13H31NO2Si. The summed E-state index contributed by atoms with van der Waals surface area (Å²) < 4.78 is 12.2. The summed E-state index contributed by atoms with van der Waals surface area (Å²) in [6.45, 7) is 13.5. The highest BCUT2D eigenvalue weighted by atomic mass is 28.4. The van der Waals surface area contributed by atoms with E-state index < -0.39 is 8.72 Å². The van der Waals surface area contributed by atoms with E-state index in [4.69, 9.17) is 8.85 Å². The molecule has 1 N–H and O–H groups in total. The van der Waals surface area contributed by atoms with Crippen molar-refractivity contribution in [3.8, 4) is 0 Å². The Morgan fingerprint density at radius 1 is 0.941 bits per heavy atom. The highest BCUT2D eigenvalue weighted by Gasteiger charge is 2.41. The maximum Gasteiger partial charge on any atom is 0.427 e. The van der Waals surface area contributed by atoms with Crippen molar-refractivity contribution in [2.45, 2.75) is 65.8 Å². The first-order valence-electron chi connectivity index (χ1n) is 7.15. The van der Waals surface area contributed by atoms with Crippen LogP contribution in [0.4, 0.5) is 0 Å². The highest BCUT2D eigenvalue weighted by molar-refractivity contribution is 6.66. The molecule has 0 heterocycles. The molecule has 0 saturated heterocycles. The minimum atomic E-state index is -2.20. The molecule has 0 aliphatic carbocycles. The van der Waals surface area contributed by atoms with Gasteiger partial charge in [0, 0.05) is 18.8 Å². The van der Waals surface area contributed by atoms with E-state index in [1.54, 1.807) is 0 Å². The molecular weight excluding hydrogens is 230 g/mol. The lowest BCUT2D eigenvalue weighted by atomic mass is 10.3. The topological polar surface area (TPSA) is 30.5 Å². The summed E-state index contributed by atoms with van der Waals surface area (Å²) in [5.41, 5.74) is 0.442. The average molecular weight is 261 g/mol. The first kappa shape index (κ1) is 17.1. The molecule has 0 amide bonds. The van der Waals surface area contributed by atoms with Gasteiger partial charge in [-0.15, -0.1) is 0 Å². The van der Waals surface area contributed by atoms with Gasteiger partial charge in [0.25, 0.3) is 0 Å². The van der Waals surface area contributed by atoms with Gasteiger partial charge in [-0.1, -0.05) is 41.0 Å². The summed E-state index contributed by atoms with van der Waals surface area (Å²) in [5.74, 6) is 0. The smallest absolute Gasteiger partial charge is 0.383 e. The molecule has 0 rings (SSSR count). The van der Waals surface area contributed by atoms with Gasteiger partial charge in [-0.3, -0.25) is 4.98 Å². The standard InChI is InChI=1S/C13H31NO2Si/c1-6-9-10-14-17(13(4)5,15-11-7-2)16-12-8-3/h13-14H,6-12H2,1-5H3. The van der Waals surface area contributed by atoms with E-state index >= 15 is 0 Å². The molecule has 17 heavy (non-hydrogen) atoms. The fourth-order valence-corrected chi connectivity index (χ4v) is 4.53. The van der Waals surface area contributed by atoms with Gasteiger partial charge in [0.05, 0.1) is 0 Å². The third kappa shape index (κ3) is 6.55. The molecule has 0 radical (unpaired) electrons. The van der Waals surface area contributed by atoms with Crippen LogP contribution in [-0.2, 0) is 8.85 Å². The summed E-state index contributed by atoms with van der Waals surface area (Å²) in [5, 5.41) is 0. The maximum atomic E-state index is 6.09. The van der Waals surface area contributed by atoms with Gasteiger partial charge >= 0.3 is 8.72 Å². The number of nitrogens with one attached hydrogen (secondary N) is 1. The lowest BCUT2D eigenvalue weighted by Crippen LogP contribution is -2.59. The third-order valence-corrected chi connectivity index (χ3v) is 6.23.